The van der Waals surface area contributed by atoms with E-state index in [1.165, 1.54) is 0 Å². The van der Waals surface area contributed by atoms with E-state index in [0.717, 1.165) is 5.39 Å². The topological polar surface area (TPSA) is 59.1 Å². The van der Waals surface area contributed by atoms with Gasteiger partial charge in [0, 0.05) is 16.6 Å². The Balaban J connectivity index is 2.24. The summed E-state index contributed by atoms with van der Waals surface area (Å²) in [7, 11) is 0. The van der Waals surface area contributed by atoms with E-state index in [2.05, 4.69) is 26.2 Å². The fourth-order valence-corrected chi connectivity index (χ4v) is 3.12. The Labute approximate surface area is 122 Å². The summed E-state index contributed by atoms with van der Waals surface area (Å²) < 4.78 is 0. The van der Waals surface area contributed by atoms with Crippen molar-refractivity contribution in [1.29, 1.82) is 0 Å². The Kier molecular flexibility index (Phi) is 3.03. The minimum Gasteiger partial charge on any atom is -0.295 e. The van der Waals surface area contributed by atoms with Crippen LogP contribution in [0.25, 0.3) is 10.9 Å². The number of carbonyl (C=O) groups is 2. The number of fused-ring (bicyclic) bond motifs is 1. The number of nitrogens with one attached hydrogen (secondary N) is 1. The van der Waals surface area contributed by atoms with Gasteiger partial charge in [-0.25, -0.2) is 0 Å². The fraction of sp³-hybridized carbons (Fsp3) is 0.154. The minimum atomic E-state index is -0.581. The first-order valence-corrected chi connectivity index (χ1v) is 6.91. The number of hydrogen-bond acceptors (Lipinski definition) is 3. The van der Waals surface area contributed by atoms with Gasteiger partial charge in [0.1, 0.15) is 4.83 Å². The molecule has 1 saturated heterocycles. The first kappa shape index (κ1) is 12.6. The summed E-state index contributed by atoms with van der Waals surface area (Å²) in [6.07, 6.45) is 1.64. The van der Waals surface area contributed by atoms with E-state index in [1.807, 2.05) is 6.07 Å². The second-order valence-electron chi connectivity index (χ2n) is 4.27. The molecule has 96 valence electrons. The number of nitrogens with zero attached hydrogens (tertiary/aromatic N) is 1. The Morgan fingerprint density at radius 1 is 1.21 bits per heavy atom. The molecule has 1 aromatic heterocycles. The van der Waals surface area contributed by atoms with Crippen molar-refractivity contribution in [2.45, 2.75) is 10.7 Å². The second kappa shape index (κ2) is 4.58. The summed E-state index contributed by atoms with van der Waals surface area (Å²) in [5.74, 6) is -1.22. The van der Waals surface area contributed by atoms with Crippen LogP contribution in [0.4, 0.5) is 0 Å². The molecular formula is C13H8BrClN2O2. The Morgan fingerprint density at radius 2 is 2.00 bits per heavy atom. The maximum Gasteiger partial charge on any atom is 0.241 e. The predicted molar refractivity (Wildman–Crippen MR) is 75.4 cm³/mol. The van der Waals surface area contributed by atoms with Gasteiger partial charge in [-0.05, 0) is 23.8 Å². The number of amides is 2. The Hall–Kier alpha value is -1.46. The molecule has 2 aromatic rings. The monoisotopic (exact) mass is 338 g/mol. The maximum absolute atomic E-state index is 11.9. The first-order chi connectivity index (χ1) is 9.09. The van der Waals surface area contributed by atoms with Crippen LogP contribution in [-0.4, -0.2) is 21.6 Å². The highest BCUT2D eigenvalue weighted by Crippen LogP contribution is 2.35. The van der Waals surface area contributed by atoms with Crippen LogP contribution >= 0.6 is 27.5 Å². The van der Waals surface area contributed by atoms with Crippen molar-refractivity contribution in [1.82, 2.24) is 10.3 Å². The van der Waals surface area contributed by atoms with Crippen molar-refractivity contribution in [3.8, 4) is 0 Å². The zero-order valence-corrected chi connectivity index (χ0v) is 11.9. The normalized spacial score (nSPS) is 22.8. The van der Waals surface area contributed by atoms with E-state index in [1.54, 1.807) is 24.4 Å². The standard InChI is InChI=1S/C13H8BrClN2O2/c14-10-9(12(18)17-13(10)19)7-3-4-8(15)6-2-1-5-16-11(6)7/h1-5,9-10H,(H,17,18,19). The quantitative estimate of drug-likeness (QED) is 0.641. The fourth-order valence-electron chi connectivity index (χ4n) is 2.26. The Bertz CT molecular complexity index is 704. The molecular weight excluding hydrogens is 332 g/mol. The zero-order chi connectivity index (χ0) is 13.6. The summed E-state index contributed by atoms with van der Waals surface area (Å²) in [5.41, 5.74) is 1.35. The number of halogens is 2. The molecule has 2 unspecified atom stereocenters. The van der Waals surface area contributed by atoms with E-state index in [-0.39, 0.29) is 11.8 Å². The second-order valence-corrected chi connectivity index (χ2v) is 5.66. The molecule has 1 fully saturated rings. The number of rotatable bonds is 1. The van der Waals surface area contributed by atoms with Crippen LogP contribution in [0, 0.1) is 0 Å². The van der Waals surface area contributed by atoms with Gasteiger partial charge in [0.25, 0.3) is 0 Å². The number of aromatic nitrogens is 1. The Morgan fingerprint density at radius 3 is 2.68 bits per heavy atom. The van der Waals surface area contributed by atoms with Crippen LogP contribution in [0.1, 0.15) is 11.5 Å². The van der Waals surface area contributed by atoms with Crippen LogP contribution in [0.3, 0.4) is 0 Å². The first-order valence-electron chi connectivity index (χ1n) is 5.61. The lowest BCUT2D eigenvalue weighted by atomic mass is 9.95. The van der Waals surface area contributed by atoms with Crippen LogP contribution in [-0.2, 0) is 9.59 Å². The lowest BCUT2D eigenvalue weighted by Crippen LogP contribution is -2.22. The van der Waals surface area contributed by atoms with Crippen LogP contribution < -0.4 is 5.32 Å². The lowest BCUT2D eigenvalue weighted by molar-refractivity contribution is -0.125. The van der Waals surface area contributed by atoms with Crippen LogP contribution in [0.5, 0.6) is 0 Å². The molecule has 1 N–H and O–H groups in total. The van der Waals surface area contributed by atoms with Gasteiger partial charge in [-0.2, -0.15) is 0 Å². The SMILES string of the molecule is O=C1NC(=O)C(c2ccc(Cl)c3cccnc23)C1Br. The highest BCUT2D eigenvalue weighted by Gasteiger charge is 2.41. The average Bonchev–Trinajstić information content (AvgIpc) is 2.65. The number of hydrogen-bond donors (Lipinski definition) is 1. The van der Waals surface area contributed by atoms with Gasteiger partial charge in [-0.3, -0.25) is 19.9 Å². The van der Waals surface area contributed by atoms with Crippen molar-refractivity contribution in [2.75, 3.05) is 0 Å². The molecule has 6 heteroatoms. The summed E-state index contributed by atoms with van der Waals surface area (Å²) in [6.45, 7) is 0. The lowest BCUT2D eigenvalue weighted by Gasteiger charge is -2.13. The van der Waals surface area contributed by atoms with Gasteiger partial charge in [0.15, 0.2) is 0 Å². The molecule has 2 heterocycles. The summed E-state index contributed by atoms with van der Waals surface area (Å²) >= 11 is 9.38. The molecule has 1 aromatic carbocycles. The molecule has 3 rings (SSSR count). The van der Waals surface area contributed by atoms with Crippen molar-refractivity contribution in [3.05, 3.63) is 41.0 Å². The van der Waals surface area contributed by atoms with E-state index >= 15 is 0 Å². The van der Waals surface area contributed by atoms with Crippen LogP contribution in [0.2, 0.25) is 5.02 Å². The molecule has 0 aliphatic carbocycles. The summed E-state index contributed by atoms with van der Waals surface area (Å²) in [5, 5.41) is 3.65. The maximum atomic E-state index is 11.9. The van der Waals surface area contributed by atoms with E-state index in [4.69, 9.17) is 11.6 Å². The third kappa shape index (κ3) is 1.93. The number of alkyl halides is 1. The third-order valence-electron chi connectivity index (χ3n) is 3.15. The molecule has 1 aliphatic rings. The molecule has 2 amide bonds. The molecule has 0 spiro atoms. The van der Waals surface area contributed by atoms with Gasteiger partial charge in [-0.15, -0.1) is 0 Å². The number of benzene rings is 1. The van der Waals surface area contributed by atoms with E-state index < -0.39 is 10.7 Å². The van der Waals surface area contributed by atoms with Gasteiger partial charge in [0.2, 0.25) is 11.8 Å². The van der Waals surface area contributed by atoms with Gasteiger partial charge in [0.05, 0.1) is 11.4 Å². The van der Waals surface area contributed by atoms with Crippen LogP contribution in [0.15, 0.2) is 30.5 Å². The third-order valence-corrected chi connectivity index (χ3v) is 4.43. The number of pyridine rings is 1. The van der Waals surface area contributed by atoms with Gasteiger partial charge in [-0.1, -0.05) is 33.6 Å². The highest BCUT2D eigenvalue weighted by molar-refractivity contribution is 9.10. The molecule has 19 heavy (non-hydrogen) atoms. The minimum absolute atomic E-state index is 0.318. The molecule has 0 radical (unpaired) electrons. The molecule has 0 saturated carbocycles. The predicted octanol–water partition coefficient (Wildman–Crippen LogP) is 2.39. The largest absolute Gasteiger partial charge is 0.295 e. The van der Waals surface area contributed by atoms with Crippen molar-refractivity contribution < 1.29 is 9.59 Å². The zero-order valence-electron chi connectivity index (χ0n) is 9.56. The molecule has 1 aliphatic heterocycles. The number of imide groups is 1. The smallest absolute Gasteiger partial charge is 0.241 e. The average molecular weight is 340 g/mol. The van der Waals surface area contributed by atoms with Crippen molar-refractivity contribution in [3.63, 3.8) is 0 Å². The van der Waals surface area contributed by atoms with Gasteiger partial charge < -0.3 is 0 Å². The van der Waals surface area contributed by atoms with E-state index in [9.17, 15) is 9.59 Å². The van der Waals surface area contributed by atoms with Gasteiger partial charge >= 0.3 is 0 Å². The number of carbonyl (C=O) groups excluding carboxylic acids is 2. The van der Waals surface area contributed by atoms with Crippen molar-refractivity contribution >= 4 is 50.2 Å². The molecule has 4 nitrogen and oxygen atoms in total. The summed E-state index contributed by atoms with van der Waals surface area (Å²) in [4.78, 5) is 27.2. The molecule has 2 atom stereocenters. The highest BCUT2D eigenvalue weighted by atomic mass is 79.9. The summed E-state index contributed by atoms with van der Waals surface area (Å²) in [6, 6.07) is 7.08. The van der Waals surface area contributed by atoms with Crippen molar-refractivity contribution in [2.24, 2.45) is 0 Å². The van der Waals surface area contributed by atoms with E-state index in [0.29, 0.717) is 16.1 Å². The molecule has 0 bridgehead atoms.